The van der Waals surface area contributed by atoms with E-state index < -0.39 is 0 Å². The number of carbonyl (C=O) groups excluding carboxylic acids is 2. The number of carbonyl (C=O) groups is 2. The van der Waals surface area contributed by atoms with Gasteiger partial charge >= 0.3 is 0 Å². The molecule has 0 heterocycles. The number of benzene rings is 2. The van der Waals surface area contributed by atoms with Crippen molar-refractivity contribution < 1.29 is 9.59 Å². The van der Waals surface area contributed by atoms with Gasteiger partial charge in [0.2, 0.25) is 0 Å². The molecule has 2 nitrogen and oxygen atoms in total. The third-order valence-corrected chi connectivity index (χ3v) is 2.39. The van der Waals surface area contributed by atoms with Gasteiger partial charge in [-0.15, -0.1) is 0 Å². The Labute approximate surface area is 135 Å². The summed E-state index contributed by atoms with van der Waals surface area (Å²) in [6.07, 6.45) is 0.847. The molecule has 22 heavy (non-hydrogen) atoms. The number of hydrogen-bond acceptors (Lipinski definition) is 2. The fourth-order valence-electron chi connectivity index (χ4n) is 1.32. The Morgan fingerprint density at radius 1 is 0.818 bits per heavy atom. The van der Waals surface area contributed by atoms with E-state index in [1.807, 2.05) is 89.2 Å². The molecule has 0 atom stereocenters. The van der Waals surface area contributed by atoms with Crippen molar-refractivity contribution in [1.82, 2.24) is 0 Å². The molecule has 0 fully saturated rings. The number of rotatable bonds is 2. The highest BCUT2D eigenvalue weighted by Gasteiger charge is 1.92. The van der Waals surface area contributed by atoms with Gasteiger partial charge in [-0.25, -0.2) is 0 Å². The summed E-state index contributed by atoms with van der Waals surface area (Å²) in [7, 11) is 0. The van der Waals surface area contributed by atoms with Crippen LogP contribution >= 0.6 is 0 Å². The van der Waals surface area contributed by atoms with Gasteiger partial charge in [0, 0.05) is 11.1 Å². The smallest absolute Gasteiger partial charge is 0.159 e. The molecule has 2 aromatic rings. The van der Waals surface area contributed by atoms with Gasteiger partial charge in [0.05, 0.1) is 0 Å². The van der Waals surface area contributed by atoms with Gasteiger partial charge in [-0.2, -0.15) is 0 Å². The summed E-state index contributed by atoms with van der Waals surface area (Å²) >= 11 is 0. The molecular weight excluding hydrogens is 272 g/mol. The minimum absolute atomic E-state index is 0.121. The zero-order chi connectivity index (χ0) is 17.4. The van der Waals surface area contributed by atoms with Gasteiger partial charge in [0.1, 0.15) is 6.29 Å². The molecule has 0 saturated carbocycles. The molecule has 0 aromatic heterocycles. The maximum absolute atomic E-state index is 10.6. The summed E-state index contributed by atoms with van der Waals surface area (Å²) in [5.74, 6) is 0.121. The Hall–Kier alpha value is -2.22. The summed E-state index contributed by atoms with van der Waals surface area (Å²) in [5, 5.41) is 0. The highest BCUT2D eigenvalue weighted by Crippen LogP contribution is 1.99. The lowest BCUT2D eigenvalue weighted by Gasteiger charge is -1.89. The average Bonchev–Trinajstić information content (AvgIpc) is 2.60. The maximum atomic E-state index is 10.6. The van der Waals surface area contributed by atoms with Crippen LogP contribution in [0, 0.1) is 6.92 Å². The Morgan fingerprint density at radius 3 is 1.59 bits per heavy atom. The molecule has 0 spiro atoms. The van der Waals surface area contributed by atoms with Crippen molar-refractivity contribution in [3.8, 4) is 0 Å². The van der Waals surface area contributed by atoms with E-state index in [4.69, 9.17) is 0 Å². The molecule has 2 heteroatoms. The van der Waals surface area contributed by atoms with E-state index in [9.17, 15) is 9.59 Å². The van der Waals surface area contributed by atoms with Gasteiger partial charge in [0.25, 0.3) is 0 Å². The Morgan fingerprint density at radius 2 is 1.27 bits per heavy atom. The standard InChI is InChI=1S/2C8H8O.2C2H6/c1-7-2-4-8(6-9)5-3-7;1-7(9)8-5-3-2-4-6-8;2*1-2/h2*2-6H,1H3;2*1-2H3. The quantitative estimate of drug-likeness (QED) is 0.523. The van der Waals surface area contributed by atoms with Crippen LogP contribution in [0.4, 0.5) is 0 Å². The zero-order valence-electron chi connectivity index (χ0n) is 14.6. The van der Waals surface area contributed by atoms with Crippen molar-refractivity contribution in [3.63, 3.8) is 0 Å². The van der Waals surface area contributed by atoms with Gasteiger partial charge in [-0.1, -0.05) is 87.9 Å². The van der Waals surface area contributed by atoms with E-state index in [1.54, 1.807) is 6.92 Å². The molecule has 120 valence electrons. The van der Waals surface area contributed by atoms with Crippen LogP contribution in [0.1, 0.15) is 60.9 Å². The molecule has 0 saturated heterocycles. The van der Waals surface area contributed by atoms with Crippen molar-refractivity contribution in [2.75, 3.05) is 0 Å². The predicted molar refractivity (Wildman–Crippen MR) is 95.7 cm³/mol. The molecule has 0 radical (unpaired) electrons. The lowest BCUT2D eigenvalue weighted by atomic mass is 10.2. The number of hydrogen-bond donors (Lipinski definition) is 0. The van der Waals surface area contributed by atoms with Gasteiger partial charge in [-0.05, 0) is 13.8 Å². The van der Waals surface area contributed by atoms with E-state index >= 15 is 0 Å². The fraction of sp³-hybridized carbons (Fsp3) is 0.300. The molecule has 0 aliphatic carbocycles. The molecule has 2 aromatic carbocycles. The third kappa shape index (κ3) is 10.6. The summed E-state index contributed by atoms with van der Waals surface area (Å²) in [5.41, 5.74) is 2.69. The molecule has 0 unspecified atom stereocenters. The first kappa shape index (κ1) is 22.1. The van der Waals surface area contributed by atoms with Crippen molar-refractivity contribution in [2.45, 2.75) is 41.5 Å². The lowest BCUT2D eigenvalue weighted by Crippen LogP contribution is -1.88. The second-order valence-electron chi connectivity index (χ2n) is 3.95. The van der Waals surface area contributed by atoms with Gasteiger partial charge in [-0.3, -0.25) is 9.59 Å². The molecule has 0 N–H and O–H groups in total. The highest BCUT2D eigenvalue weighted by atomic mass is 16.1. The Bertz CT molecular complexity index is 499. The minimum Gasteiger partial charge on any atom is -0.298 e. The third-order valence-electron chi connectivity index (χ3n) is 2.39. The summed E-state index contributed by atoms with van der Waals surface area (Å²) in [6, 6.07) is 16.7. The van der Waals surface area contributed by atoms with Crippen molar-refractivity contribution in [2.24, 2.45) is 0 Å². The van der Waals surface area contributed by atoms with Crippen LogP contribution in [0.25, 0.3) is 0 Å². The largest absolute Gasteiger partial charge is 0.298 e. The van der Waals surface area contributed by atoms with E-state index in [1.165, 1.54) is 5.56 Å². The normalized spacial score (nSPS) is 7.91. The molecule has 0 bridgehead atoms. The van der Waals surface area contributed by atoms with Crippen LogP contribution in [0.5, 0.6) is 0 Å². The number of ketones is 1. The maximum Gasteiger partial charge on any atom is 0.159 e. The van der Waals surface area contributed by atoms with Crippen LogP contribution < -0.4 is 0 Å². The summed E-state index contributed by atoms with van der Waals surface area (Å²) in [6.45, 7) is 11.6. The lowest BCUT2D eigenvalue weighted by molar-refractivity contribution is 0.101. The first-order valence-corrected chi connectivity index (χ1v) is 7.71. The van der Waals surface area contributed by atoms with Gasteiger partial charge in [0.15, 0.2) is 5.78 Å². The minimum atomic E-state index is 0.121. The van der Waals surface area contributed by atoms with E-state index in [0.717, 1.165) is 17.4 Å². The molecule has 0 aliphatic heterocycles. The molecule has 0 aliphatic rings. The average molecular weight is 300 g/mol. The summed E-state index contributed by atoms with van der Waals surface area (Å²) in [4.78, 5) is 20.8. The van der Waals surface area contributed by atoms with Crippen LogP contribution in [0.2, 0.25) is 0 Å². The molecule has 2 rings (SSSR count). The first-order chi connectivity index (χ1) is 10.6. The van der Waals surface area contributed by atoms with Crippen LogP contribution in [0.15, 0.2) is 54.6 Å². The Kier molecular flexibility index (Phi) is 15.2. The predicted octanol–water partition coefficient (Wildman–Crippen LogP) is 5.75. The van der Waals surface area contributed by atoms with Crippen LogP contribution in [-0.2, 0) is 0 Å². The SMILES string of the molecule is CC.CC.CC(=O)c1ccccc1.Cc1ccc(C=O)cc1. The topological polar surface area (TPSA) is 34.1 Å². The first-order valence-electron chi connectivity index (χ1n) is 7.71. The second kappa shape index (κ2) is 15.2. The number of aldehydes is 1. The van der Waals surface area contributed by atoms with E-state index in [0.29, 0.717) is 0 Å². The molecular formula is C20H28O2. The van der Waals surface area contributed by atoms with Crippen LogP contribution in [0.3, 0.4) is 0 Å². The Balaban J connectivity index is 0. The van der Waals surface area contributed by atoms with Crippen molar-refractivity contribution in [3.05, 3.63) is 71.3 Å². The van der Waals surface area contributed by atoms with E-state index in [-0.39, 0.29) is 5.78 Å². The van der Waals surface area contributed by atoms with Crippen LogP contribution in [-0.4, -0.2) is 12.1 Å². The number of Topliss-reactive ketones (excluding diaryl/α,β-unsaturated/α-hetero) is 1. The zero-order valence-corrected chi connectivity index (χ0v) is 14.6. The van der Waals surface area contributed by atoms with E-state index in [2.05, 4.69) is 0 Å². The van der Waals surface area contributed by atoms with Crippen molar-refractivity contribution >= 4 is 12.1 Å². The van der Waals surface area contributed by atoms with Gasteiger partial charge < -0.3 is 0 Å². The highest BCUT2D eigenvalue weighted by molar-refractivity contribution is 5.93. The monoisotopic (exact) mass is 300 g/mol. The summed E-state index contributed by atoms with van der Waals surface area (Å²) < 4.78 is 0. The molecule has 0 amide bonds. The fourth-order valence-corrected chi connectivity index (χ4v) is 1.32. The van der Waals surface area contributed by atoms with Crippen molar-refractivity contribution in [1.29, 1.82) is 0 Å². The second-order valence-corrected chi connectivity index (χ2v) is 3.95. The number of aryl methyl sites for hydroxylation is 1.